The van der Waals surface area contributed by atoms with Crippen molar-refractivity contribution < 1.29 is 0 Å². The van der Waals surface area contributed by atoms with Crippen molar-refractivity contribution in [2.24, 2.45) is 0 Å². The molecule has 0 spiro atoms. The van der Waals surface area contributed by atoms with Crippen molar-refractivity contribution in [2.45, 2.75) is 51.8 Å². The van der Waals surface area contributed by atoms with Crippen molar-refractivity contribution in [1.82, 2.24) is 5.32 Å². The van der Waals surface area contributed by atoms with Gasteiger partial charge in [0.2, 0.25) is 0 Å². The number of rotatable bonds is 6. The quantitative estimate of drug-likeness (QED) is 0.816. The van der Waals surface area contributed by atoms with Crippen molar-refractivity contribution in [3.8, 4) is 0 Å². The minimum Gasteiger partial charge on any atom is -0.310 e. The van der Waals surface area contributed by atoms with E-state index < -0.39 is 0 Å². The third-order valence-electron chi connectivity index (χ3n) is 2.92. The number of nitrogens with one attached hydrogen (secondary N) is 1. The van der Waals surface area contributed by atoms with E-state index in [1.165, 1.54) is 11.1 Å². The number of hydrogen-bond donors (Lipinski definition) is 1. The first-order chi connectivity index (χ1) is 8.46. The van der Waals surface area contributed by atoms with Gasteiger partial charge in [-0.2, -0.15) is 11.8 Å². The molecule has 1 unspecified atom stereocenters. The Morgan fingerprint density at radius 1 is 1.11 bits per heavy atom. The molecule has 0 amide bonds. The first-order valence-corrected chi connectivity index (χ1v) is 7.91. The smallest absolute Gasteiger partial charge is 0.0411 e. The maximum Gasteiger partial charge on any atom is 0.0411 e. The van der Waals surface area contributed by atoms with E-state index in [1.54, 1.807) is 0 Å². The van der Waals surface area contributed by atoms with Gasteiger partial charge in [-0.1, -0.05) is 58.9 Å². The van der Waals surface area contributed by atoms with E-state index in [4.69, 9.17) is 0 Å². The van der Waals surface area contributed by atoms with Crippen LogP contribution in [-0.4, -0.2) is 17.0 Å². The maximum absolute atomic E-state index is 3.59. The first-order valence-electron chi connectivity index (χ1n) is 6.92. The Bertz CT molecular complexity index is 337. The van der Waals surface area contributed by atoms with Gasteiger partial charge in [0.1, 0.15) is 0 Å². The molecule has 0 saturated heterocycles. The predicted molar refractivity (Wildman–Crippen MR) is 84.4 cm³/mol. The monoisotopic (exact) mass is 265 g/mol. The molecule has 18 heavy (non-hydrogen) atoms. The SMILES string of the molecule is CCNC(CSC(C)(C)C)c1ccc(CC)cc1. The van der Waals surface area contributed by atoms with Crippen LogP contribution < -0.4 is 5.32 Å². The minimum absolute atomic E-state index is 0.330. The fourth-order valence-electron chi connectivity index (χ4n) is 1.84. The Morgan fingerprint density at radius 3 is 2.17 bits per heavy atom. The Morgan fingerprint density at radius 2 is 1.72 bits per heavy atom. The van der Waals surface area contributed by atoms with Crippen LogP contribution in [0.4, 0.5) is 0 Å². The van der Waals surface area contributed by atoms with E-state index in [9.17, 15) is 0 Å². The molecule has 2 heteroatoms. The number of thioether (sulfide) groups is 1. The molecule has 1 rings (SSSR count). The molecule has 1 atom stereocenters. The summed E-state index contributed by atoms with van der Waals surface area (Å²) in [6, 6.07) is 9.51. The Hall–Kier alpha value is -0.470. The van der Waals surface area contributed by atoms with Crippen LogP contribution in [0, 0.1) is 0 Å². The fourth-order valence-corrected chi connectivity index (χ4v) is 2.82. The van der Waals surface area contributed by atoms with Crippen LogP contribution in [0.15, 0.2) is 24.3 Å². The molecule has 0 fully saturated rings. The van der Waals surface area contributed by atoms with Crippen LogP contribution in [0.25, 0.3) is 0 Å². The van der Waals surface area contributed by atoms with Gasteiger partial charge in [-0.15, -0.1) is 0 Å². The molecule has 0 aliphatic rings. The van der Waals surface area contributed by atoms with Crippen molar-refractivity contribution in [3.05, 3.63) is 35.4 Å². The summed E-state index contributed by atoms with van der Waals surface area (Å²) < 4.78 is 0.330. The van der Waals surface area contributed by atoms with Gasteiger partial charge < -0.3 is 5.32 Å². The highest BCUT2D eigenvalue weighted by Gasteiger charge is 2.16. The van der Waals surface area contributed by atoms with Crippen LogP contribution in [0.2, 0.25) is 0 Å². The fraction of sp³-hybridized carbons (Fsp3) is 0.625. The second-order valence-electron chi connectivity index (χ2n) is 5.63. The lowest BCUT2D eigenvalue weighted by atomic mass is 10.0. The molecular weight excluding hydrogens is 238 g/mol. The highest BCUT2D eigenvalue weighted by atomic mass is 32.2. The molecule has 1 aromatic carbocycles. The largest absolute Gasteiger partial charge is 0.310 e. The van der Waals surface area contributed by atoms with Crippen LogP contribution in [-0.2, 0) is 6.42 Å². The highest BCUT2D eigenvalue weighted by molar-refractivity contribution is 8.00. The summed E-state index contributed by atoms with van der Waals surface area (Å²) in [5.41, 5.74) is 2.82. The predicted octanol–water partition coefficient (Wildman–Crippen LogP) is 4.43. The Balaban J connectivity index is 2.70. The van der Waals surface area contributed by atoms with Gasteiger partial charge in [0.05, 0.1) is 0 Å². The number of hydrogen-bond acceptors (Lipinski definition) is 2. The molecule has 0 aliphatic heterocycles. The van der Waals surface area contributed by atoms with Crippen molar-refractivity contribution in [3.63, 3.8) is 0 Å². The van der Waals surface area contributed by atoms with Gasteiger partial charge in [-0.3, -0.25) is 0 Å². The molecule has 1 nitrogen and oxygen atoms in total. The van der Waals surface area contributed by atoms with Gasteiger partial charge >= 0.3 is 0 Å². The zero-order valence-electron chi connectivity index (χ0n) is 12.4. The molecular formula is C16H27NS. The molecule has 0 heterocycles. The molecule has 0 radical (unpaired) electrons. The van der Waals surface area contributed by atoms with Gasteiger partial charge in [-0.05, 0) is 24.1 Å². The average molecular weight is 265 g/mol. The van der Waals surface area contributed by atoms with Crippen LogP contribution in [0.5, 0.6) is 0 Å². The molecule has 1 aromatic rings. The maximum atomic E-state index is 3.59. The van der Waals surface area contributed by atoms with Crippen LogP contribution in [0.3, 0.4) is 0 Å². The summed E-state index contributed by atoms with van der Waals surface area (Å²) in [7, 11) is 0. The molecule has 102 valence electrons. The normalized spacial score (nSPS) is 13.6. The van der Waals surface area contributed by atoms with Crippen molar-refractivity contribution >= 4 is 11.8 Å². The molecule has 1 N–H and O–H groups in total. The van der Waals surface area contributed by atoms with E-state index in [1.807, 2.05) is 11.8 Å². The topological polar surface area (TPSA) is 12.0 Å². The van der Waals surface area contributed by atoms with Crippen LogP contribution in [0.1, 0.15) is 51.8 Å². The summed E-state index contributed by atoms with van der Waals surface area (Å²) in [5.74, 6) is 1.13. The first kappa shape index (κ1) is 15.6. The van der Waals surface area contributed by atoms with Gasteiger partial charge in [0, 0.05) is 16.5 Å². The lowest BCUT2D eigenvalue weighted by Gasteiger charge is -2.24. The molecule has 0 bridgehead atoms. The highest BCUT2D eigenvalue weighted by Crippen LogP contribution is 2.28. The van der Waals surface area contributed by atoms with Gasteiger partial charge in [0.25, 0.3) is 0 Å². The second kappa shape index (κ2) is 7.20. The molecule has 0 aromatic heterocycles. The van der Waals surface area contributed by atoms with E-state index in [-0.39, 0.29) is 0 Å². The number of aryl methyl sites for hydroxylation is 1. The van der Waals surface area contributed by atoms with Gasteiger partial charge in [0.15, 0.2) is 0 Å². The summed E-state index contributed by atoms with van der Waals surface area (Å²) in [6.45, 7) is 12.2. The van der Waals surface area contributed by atoms with E-state index in [0.29, 0.717) is 10.8 Å². The summed E-state index contributed by atoms with van der Waals surface area (Å²) in [4.78, 5) is 0. The third-order valence-corrected chi connectivity index (χ3v) is 4.29. The van der Waals surface area contributed by atoms with E-state index in [0.717, 1.165) is 18.7 Å². The van der Waals surface area contributed by atoms with E-state index >= 15 is 0 Å². The van der Waals surface area contributed by atoms with Crippen molar-refractivity contribution in [2.75, 3.05) is 12.3 Å². The standard InChI is InChI=1S/C16H27NS/c1-6-13-8-10-14(11-9-13)15(17-7-2)12-18-16(3,4)5/h8-11,15,17H,6-7,12H2,1-5H3. The Labute approximate surface area is 117 Å². The van der Waals surface area contributed by atoms with Crippen molar-refractivity contribution in [1.29, 1.82) is 0 Å². The summed E-state index contributed by atoms with van der Waals surface area (Å²) in [5, 5.41) is 3.59. The van der Waals surface area contributed by atoms with Crippen LogP contribution >= 0.6 is 11.8 Å². The minimum atomic E-state index is 0.330. The lowest BCUT2D eigenvalue weighted by Crippen LogP contribution is -2.25. The molecule has 0 aliphatic carbocycles. The zero-order chi connectivity index (χ0) is 13.6. The lowest BCUT2D eigenvalue weighted by molar-refractivity contribution is 0.603. The average Bonchev–Trinajstić information content (AvgIpc) is 2.33. The van der Waals surface area contributed by atoms with E-state index in [2.05, 4.69) is 64.2 Å². The summed E-state index contributed by atoms with van der Waals surface area (Å²) in [6.07, 6.45) is 1.11. The zero-order valence-corrected chi connectivity index (χ0v) is 13.2. The Kier molecular flexibility index (Phi) is 6.24. The van der Waals surface area contributed by atoms with Gasteiger partial charge in [-0.25, -0.2) is 0 Å². The number of benzene rings is 1. The third kappa shape index (κ3) is 5.45. The molecule has 0 saturated carbocycles. The summed E-state index contributed by atoms with van der Waals surface area (Å²) >= 11 is 2.02. The second-order valence-corrected chi connectivity index (χ2v) is 7.48.